The van der Waals surface area contributed by atoms with E-state index in [-0.39, 0.29) is 14.0 Å². The van der Waals surface area contributed by atoms with Crippen LogP contribution in [0.2, 0.25) is 0 Å². The Labute approximate surface area is 458 Å². The van der Waals surface area contributed by atoms with Gasteiger partial charge in [0.2, 0.25) is 0 Å². The molecule has 0 amide bonds. The van der Waals surface area contributed by atoms with Crippen molar-refractivity contribution < 1.29 is 2.85 Å². The predicted octanol–water partition coefficient (Wildman–Crippen LogP) is 11.2. The molecule has 0 spiro atoms. The third-order valence-electron chi connectivity index (χ3n) is 15.5. The number of H-pyrrole nitrogens is 2. The molecule has 12 rings (SSSR count). The second-order valence-corrected chi connectivity index (χ2v) is 20.9. The molecule has 6 aromatic carbocycles. The van der Waals surface area contributed by atoms with E-state index in [2.05, 4.69) is 125 Å². The molecule has 402 valence electrons. The molecule has 2 aliphatic rings. The van der Waals surface area contributed by atoms with E-state index in [1.165, 1.54) is 37.1 Å². The number of hydrogen-bond donors (Lipinski definition) is 2. The van der Waals surface area contributed by atoms with Gasteiger partial charge in [-0.2, -0.15) is 0 Å². The summed E-state index contributed by atoms with van der Waals surface area (Å²) >= 11 is 0. The topological polar surface area (TPSA) is 140 Å². The SMILES string of the molecule is CCN(CC)c1ccc(-c2nc3cc4[nH]c(=O)c(Cc5ccccc5)nc4cc3n2CCN2CCCC2)cc1.CN(C)c1ccc(/C=C/c2nc3cc4[nH]c(=O)c(Cc5ccccc5)nc4cc3n2CCN2CCCC2)cc1.[HH].[HH]. The van der Waals surface area contributed by atoms with Crippen LogP contribution in [0, 0.1) is 0 Å². The number of anilines is 2. The molecule has 14 nitrogen and oxygen atoms in total. The highest BCUT2D eigenvalue weighted by atomic mass is 16.1. The summed E-state index contributed by atoms with van der Waals surface area (Å²) in [6.45, 7) is 14.7. The van der Waals surface area contributed by atoms with Crippen LogP contribution in [0.25, 0.3) is 67.7 Å². The van der Waals surface area contributed by atoms with Gasteiger partial charge in [-0.3, -0.25) is 9.59 Å². The van der Waals surface area contributed by atoms with Crippen molar-refractivity contribution in [2.24, 2.45) is 0 Å². The van der Waals surface area contributed by atoms with E-state index < -0.39 is 0 Å². The summed E-state index contributed by atoms with van der Waals surface area (Å²) < 4.78 is 4.63. The van der Waals surface area contributed by atoms with Gasteiger partial charge >= 0.3 is 0 Å². The Balaban J connectivity index is 0.000000189. The van der Waals surface area contributed by atoms with E-state index in [1.807, 2.05) is 86.9 Å². The van der Waals surface area contributed by atoms with Gasteiger partial charge in [-0.05, 0) is 149 Å². The Hall–Kier alpha value is -8.20. The molecule has 14 heteroatoms. The lowest BCUT2D eigenvalue weighted by molar-refractivity contribution is 0.324. The third kappa shape index (κ3) is 11.7. The van der Waals surface area contributed by atoms with Crippen LogP contribution in [-0.2, 0) is 25.9 Å². The number of benzene rings is 6. The van der Waals surface area contributed by atoms with Crippen LogP contribution in [-0.4, -0.2) is 115 Å². The van der Waals surface area contributed by atoms with Gasteiger partial charge in [-0.1, -0.05) is 78.9 Å². The maximum absolute atomic E-state index is 12.9. The average Bonchev–Trinajstić information content (AvgIpc) is 4.32. The van der Waals surface area contributed by atoms with Crippen LogP contribution >= 0.6 is 0 Å². The number of nitrogens with one attached hydrogen (secondary N) is 2. The molecule has 0 bridgehead atoms. The van der Waals surface area contributed by atoms with Gasteiger partial charge in [0.05, 0.1) is 44.1 Å². The summed E-state index contributed by atoms with van der Waals surface area (Å²) in [6, 6.07) is 45.4. The van der Waals surface area contributed by atoms with E-state index >= 15 is 0 Å². The minimum Gasteiger partial charge on any atom is -0.378 e. The highest BCUT2D eigenvalue weighted by molar-refractivity contribution is 5.94. The first-order valence-electron chi connectivity index (χ1n) is 27.9. The molecule has 6 heterocycles. The van der Waals surface area contributed by atoms with Crippen LogP contribution in [0.3, 0.4) is 0 Å². The summed E-state index contributed by atoms with van der Waals surface area (Å²) in [5.74, 6) is 1.86. The van der Waals surface area contributed by atoms with E-state index in [1.54, 1.807) is 0 Å². The average molecular weight is 1040 g/mol. The molecule has 2 N–H and O–H groups in total. The molecule has 0 radical (unpaired) electrons. The Morgan fingerprint density at radius 3 is 1.53 bits per heavy atom. The van der Waals surface area contributed by atoms with Crippen molar-refractivity contribution in [3.8, 4) is 11.4 Å². The van der Waals surface area contributed by atoms with Gasteiger partial charge in [0.25, 0.3) is 11.1 Å². The van der Waals surface area contributed by atoms with Crippen LogP contribution in [0.1, 0.15) is 76.3 Å². The number of hydrogen-bond acceptors (Lipinski definition) is 10. The highest BCUT2D eigenvalue weighted by Gasteiger charge is 2.20. The number of aromatic amines is 2. The van der Waals surface area contributed by atoms with Crippen LogP contribution in [0.15, 0.2) is 143 Å². The van der Waals surface area contributed by atoms with E-state index in [4.69, 9.17) is 19.9 Å². The zero-order chi connectivity index (χ0) is 53.5. The fourth-order valence-corrected chi connectivity index (χ4v) is 11.1. The van der Waals surface area contributed by atoms with Crippen molar-refractivity contribution >= 4 is 67.7 Å². The lowest BCUT2D eigenvalue weighted by atomic mass is 10.1. The third-order valence-corrected chi connectivity index (χ3v) is 15.5. The summed E-state index contributed by atoms with van der Waals surface area (Å²) in [4.78, 5) is 61.1. The first-order valence-corrected chi connectivity index (χ1v) is 27.9. The predicted molar refractivity (Wildman–Crippen MR) is 324 cm³/mol. The maximum atomic E-state index is 12.9. The van der Waals surface area contributed by atoms with Gasteiger partial charge < -0.3 is 38.7 Å². The fraction of sp³-hybridized carbons (Fsp3) is 0.312. The van der Waals surface area contributed by atoms with E-state index in [0.29, 0.717) is 29.7 Å². The summed E-state index contributed by atoms with van der Waals surface area (Å²) in [6.07, 6.45) is 10.3. The molecule has 4 aromatic heterocycles. The fourth-order valence-electron chi connectivity index (χ4n) is 11.1. The van der Waals surface area contributed by atoms with Gasteiger partial charge in [0.1, 0.15) is 23.0 Å². The maximum Gasteiger partial charge on any atom is 0.270 e. The number of aromatic nitrogens is 8. The number of likely N-dealkylation sites (tertiary alicyclic amines) is 2. The van der Waals surface area contributed by atoms with Crippen molar-refractivity contribution in [1.29, 1.82) is 0 Å². The summed E-state index contributed by atoms with van der Waals surface area (Å²) in [7, 11) is 4.09. The van der Waals surface area contributed by atoms with Crippen LogP contribution in [0.5, 0.6) is 0 Å². The summed E-state index contributed by atoms with van der Waals surface area (Å²) in [5.41, 5.74) is 14.3. The Morgan fingerprint density at radius 2 is 1.01 bits per heavy atom. The second-order valence-electron chi connectivity index (χ2n) is 20.9. The molecule has 2 aliphatic heterocycles. The Morgan fingerprint density at radius 1 is 0.526 bits per heavy atom. The smallest absolute Gasteiger partial charge is 0.270 e. The molecule has 0 unspecified atom stereocenters. The molecular weight excluding hydrogens is 969 g/mol. The van der Waals surface area contributed by atoms with Crippen molar-refractivity contribution in [1.82, 2.24) is 48.8 Å². The monoisotopic (exact) mass is 1040 g/mol. The van der Waals surface area contributed by atoms with Crippen molar-refractivity contribution in [3.05, 3.63) is 188 Å². The molecule has 10 aromatic rings. The van der Waals surface area contributed by atoms with Crippen LogP contribution in [0.4, 0.5) is 11.4 Å². The lowest BCUT2D eigenvalue weighted by Crippen LogP contribution is -2.24. The molecular formula is C64H74N12O2. The van der Waals surface area contributed by atoms with Crippen LogP contribution < -0.4 is 20.9 Å². The van der Waals surface area contributed by atoms with E-state index in [9.17, 15) is 9.59 Å². The molecule has 0 atom stereocenters. The zero-order valence-corrected chi connectivity index (χ0v) is 45.5. The standard InChI is InChI=1S/C32H34N6O.C32H36N6O.2H2/c1-36(2)25-13-10-23(11-14-25)12-15-31-34-28-21-26-27(22-30(28)38(31)19-18-37-16-6-7-17-37)33-29(32(39)35-26)20-24-8-4-3-5-9-24;1-3-37(4-2)25-14-12-24(13-15-25)31-34-28-21-26-27(22-30(28)38(31)19-18-36-16-8-9-17-36)33-29(32(39)35-26)20-23-10-6-5-7-11-23;;/h3-5,8-15,21-22H,6-7,16-20H2,1-2H3,(H,35,39);5-7,10-15,21-22H,3-4,8-9,16-20H2,1-2H3,(H,35,39);2*1H/b15-12+;;;. The number of rotatable bonds is 17. The van der Waals surface area contributed by atoms with E-state index in [0.717, 1.165) is 138 Å². The van der Waals surface area contributed by atoms with Gasteiger partial charge in [-0.15, -0.1) is 0 Å². The number of fused-ring (bicyclic) bond motifs is 4. The number of nitrogens with zero attached hydrogens (tertiary/aromatic N) is 10. The lowest BCUT2D eigenvalue weighted by Gasteiger charge is -2.21. The summed E-state index contributed by atoms with van der Waals surface area (Å²) in [5, 5.41) is 0. The highest BCUT2D eigenvalue weighted by Crippen LogP contribution is 2.30. The van der Waals surface area contributed by atoms with Gasteiger partial charge in [-0.25, -0.2) is 19.9 Å². The first-order chi connectivity index (χ1) is 38.2. The van der Waals surface area contributed by atoms with Gasteiger partial charge in [0.15, 0.2) is 0 Å². The first kappa shape index (κ1) is 51.9. The molecule has 2 fully saturated rings. The zero-order valence-electron chi connectivity index (χ0n) is 45.5. The Bertz CT molecular complexity index is 3820. The normalized spacial score (nSPS) is 14.1. The minimum atomic E-state index is -0.152. The quantitative estimate of drug-likeness (QED) is 0.0906. The Kier molecular flexibility index (Phi) is 15.7. The molecule has 0 saturated carbocycles. The molecule has 78 heavy (non-hydrogen) atoms. The number of imidazole rings is 2. The van der Waals surface area contributed by atoms with Crippen molar-refractivity contribution in [3.63, 3.8) is 0 Å². The second kappa shape index (κ2) is 23.6. The molecule has 0 aliphatic carbocycles. The van der Waals surface area contributed by atoms with Gasteiger partial charge in [0, 0.05) is 86.0 Å². The van der Waals surface area contributed by atoms with Crippen molar-refractivity contribution in [2.45, 2.75) is 65.5 Å². The largest absolute Gasteiger partial charge is 0.378 e. The minimum absolute atomic E-state index is 0. The van der Waals surface area contributed by atoms with Crippen molar-refractivity contribution in [2.75, 3.05) is 76.3 Å². The molecule has 2 saturated heterocycles.